The van der Waals surface area contributed by atoms with Gasteiger partial charge in [0, 0.05) is 30.8 Å². The third-order valence-corrected chi connectivity index (χ3v) is 3.26. The van der Waals surface area contributed by atoms with Crippen molar-refractivity contribution in [3.63, 3.8) is 0 Å². The van der Waals surface area contributed by atoms with E-state index in [2.05, 4.69) is 35.3 Å². The molecule has 0 aromatic rings. The Morgan fingerprint density at radius 2 is 1.93 bits per heavy atom. The number of hydrogen-bond acceptors (Lipinski definition) is 1. The summed E-state index contributed by atoms with van der Waals surface area (Å²) in [6.45, 7) is 2.52. The van der Waals surface area contributed by atoms with Crippen LogP contribution in [0.4, 0.5) is 0 Å². The quantitative estimate of drug-likeness (QED) is 0.607. The Labute approximate surface area is 85.1 Å². The molecule has 0 aromatic carbocycles. The van der Waals surface area contributed by atoms with Crippen LogP contribution in [-0.2, 0) is 0 Å². The second kappa shape index (κ2) is 3.16. The smallest absolute Gasteiger partial charge is 0.0251 e. The van der Waals surface area contributed by atoms with Gasteiger partial charge in [-0.1, -0.05) is 30.4 Å². The molecule has 1 heteroatoms. The third kappa shape index (κ3) is 1.16. The number of hydrogen-bond donors (Lipinski definition) is 0. The lowest BCUT2D eigenvalue weighted by Crippen LogP contribution is -2.20. The molecule has 0 atom stereocenters. The van der Waals surface area contributed by atoms with Crippen molar-refractivity contribution in [3.8, 4) is 0 Å². The van der Waals surface area contributed by atoms with Crippen molar-refractivity contribution in [1.82, 2.24) is 4.90 Å². The highest BCUT2D eigenvalue weighted by Crippen LogP contribution is 2.32. The molecule has 72 valence electrons. The molecule has 14 heavy (non-hydrogen) atoms. The average molecular weight is 185 g/mol. The molecule has 0 unspecified atom stereocenters. The molecule has 0 spiro atoms. The molecule has 0 aromatic heterocycles. The first-order chi connectivity index (χ1) is 6.95. The van der Waals surface area contributed by atoms with E-state index in [9.17, 15) is 0 Å². The summed E-state index contributed by atoms with van der Waals surface area (Å²) in [5.74, 6) is 0. The summed E-state index contributed by atoms with van der Waals surface area (Å²) in [5.41, 5.74) is 4.41. The number of rotatable bonds is 1. The van der Waals surface area contributed by atoms with Gasteiger partial charge in [0.25, 0.3) is 0 Å². The molecule has 3 aliphatic rings. The summed E-state index contributed by atoms with van der Waals surface area (Å²) >= 11 is 0. The lowest BCUT2D eigenvalue weighted by Gasteiger charge is -2.25. The summed E-state index contributed by atoms with van der Waals surface area (Å²) in [6, 6.07) is 0. The van der Waals surface area contributed by atoms with E-state index in [1.165, 1.54) is 37.1 Å². The lowest BCUT2D eigenvalue weighted by molar-refractivity contribution is 0.414. The first-order valence-electron chi connectivity index (χ1n) is 5.48. The standard InChI is InChI=1S/C13H15N/c1-2-10-14(9-1)13-8-4-6-11-5-3-7-12(11)13/h3-7H,1-2,8-10H2. The molecule has 1 heterocycles. The minimum absolute atomic E-state index is 1.12. The molecule has 1 saturated heterocycles. The van der Waals surface area contributed by atoms with Crippen molar-refractivity contribution in [2.24, 2.45) is 0 Å². The van der Waals surface area contributed by atoms with E-state index in [0.29, 0.717) is 0 Å². The van der Waals surface area contributed by atoms with E-state index < -0.39 is 0 Å². The van der Waals surface area contributed by atoms with Crippen molar-refractivity contribution in [2.75, 3.05) is 13.1 Å². The van der Waals surface area contributed by atoms with Crippen molar-refractivity contribution in [1.29, 1.82) is 0 Å². The topological polar surface area (TPSA) is 3.24 Å². The fraction of sp³-hybridized carbons (Fsp3) is 0.385. The summed E-state index contributed by atoms with van der Waals surface area (Å²) in [7, 11) is 0. The van der Waals surface area contributed by atoms with Gasteiger partial charge in [-0.25, -0.2) is 0 Å². The fourth-order valence-electron chi connectivity index (χ4n) is 2.54. The van der Waals surface area contributed by atoms with Crippen LogP contribution in [0.25, 0.3) is 0 Å². The first-order valence-corrected chi connectivity index (χ1v) is 5.48. The van der Waals surface area contributed by atoms with Crippen LogP contribution in [0.5, 0.6) is 0 Å². The Balaban J connectivity index is 1.97. The van der Waals surface area contributed by atoms with Crippen LogP contribution in [0.3, 0.4) is 0 Å². The van der Waals surface area contributed by atoms with E-state index >= 15 is 0 Å². The Morgan fingerprint density at radius 1 is 1.07 bits per heavy atom. The van der Waals surface area contributed by atoms with Gasteiger partial charge in [-0.05, 0) is 18.4 Å². The van der Waals surface area contributed by atoms with Crippen LogP contribution in [0.2, 0.25) is 0 Å². The first kappa shape index (κ1) is 8.10. The van der Waals surface area contributed by atoms with E-state index in [1.54, 1.807) is 5.70 Å². The minimum atomic E-state index is 1.12. The highest BCUT2D eigenvalue weighted by molar-refractivity contribution is 5.58. The highest BCUT2D eigenvalue weighted by atomic mass is 15.1. The molecule has 3 rings (SSSR count). The molecule has 1 nitrogen and oxygen atoms in total. The van der Waals surface area contributed by atoms with Crippen LogP contribution in [0, 0.1) is 0 Å². The van der Waals surface area contributed by atoms with Crippen LogP contribution >= 0.6 is 0 Å². The van der Waals surface area contributed by atoms with Gasteiger partial charge < -0.3 is 4.90 Å². The third-order valence-electron chi connectivity index (χ3n) is 3.26. The molecule has 0 N–H and O–H groups in total. The summed E-state index contributed by atoms with van der Waals surface area (Å²) < 4.78 is 0. The van der Waals surface area contributed by atoms with E-state index in [0.717, 1.165) is 6.42 Å². The molecule has 0 saturated carbocycles. The summed E-state index contributed by atoms with van der Waals surface area (Å²) in [6.07, 6.45) is 15.0. The zero-order valence-corrected chi connectivity index (χ0v) is 8.37. The largest absolute Gasteiger partial charge is 0.374 e. The summed E-state index contributed by atoms with van der Waals surface area (Å²) in [5, 5.41) is 0. The Morgan fingerprint density at radius 3 is 2.79 bits per heavy atom. The molecule has 0 bridgehead atoms. The van der Waals surface area contributed by atoms with Gasteiger partial charge in [0.15, 0.2) is 0 Å². The minimum Gasteiger partial charge on any atom is -0.374 e. The number of fused-ring (bicyclic) bond motifs is 1. The van der Waals surface area contributed by atoms with Gasteiger partial charge in [-0.15, -0.1) is 0 Å². The number of likely N-dealkylation sites (tertiary alicyclic amines) is 1. The van der Waals surface area contributed by atoms with Gasteiger partial charge in [0.1, 0.15) is 0 Å². The van der Waals surface area contributed by atoms with Crippen LogP contribution in [-0.4, -0.2) is 18.0 Å². The molecule has 1 aliphatic heterocycles. The average Bonchev–Trinajstić information content (AvgIpc) is 2.88. The monoisotopic (exact) mass is 185 g/mol. The number of allylic oxidation sites excluding steroid dienone is 7. The van der Waals surface area contributed by atoms with Crippen molar-refractivity contribution >= 4 is 0 Å². The molecule has 0 radical (unpaired) electrons. The zero-order chi connectivity index (χ0) is 9.38. The van der Waals surface area contributed by atoms with Crippen LogP contribution < -0.4 is 0 Å². The molecule has 2 aliphatic carbocycles. The van der Waals surface area contributed by atoms with E-state index in [-0.39, 0.29) is 0 Å². The maximum absolute atomic E-state index is 2.56. The predicted octanol–water partition coefficient (Wildman–Crippen LogP) is 2.79. The normalized spacial score (nSPS) is 24.6. The van der Waals surface area contributed by atoms with Crippen molar-refractivity contribution in [3.05, 3.63) is 47.2 Å². The molecular weight excluding hydrogens is 170 g/mol. The van der Waals surface area contributed by atoms with Gasteiger partial charge in [-0.2, -0.15) is 0 Å². The van der Waals surface area contributed by atoms with Crippen LogP contribution in [0.1, 0.15) is 19.3 Å². The van der Waals surface area contributed by atoms with Gasteiger partial charge in [0.2, 0.25) is 0 Å². The molecule has 0 amide bonds. The second-order valence-electron chi connectivity index (χ2n) is 4.14. The van der Waals surface area contributed by atoms with Gasteiger partial charge in [-0.3, -0.25) is 0 Å². The van der Waals surface area contributed by atoms with Crippen molar-refractivity contribution in [2.45, 2.75) is 19.3 Å². The number of nitrogens with zero attached hydrogens (tertiary/aromatic N) is 1. The maximum atomic E-state index is 2.56. The Bertz CT molecular complexity index is 363. The Hall–Kier alpha value is -1.24. The zero-order valence-electron chi connectivity index (χ0n) is 8.37. The fourth-order valence-corrected chi connectivity index (χ4v) is 2.54. The van der Waals surface area contributed by atoms with Crippen LogP contribution in [0.15, 0.2) is 47.2 Å². The second-order valence-corrected chi connectivity index (χ2v) is 4.14. The Kier molecular flexibility index (Phi) is 1.83. The van der Waals surface area contributed by atoms with E-state index in [4.69, 9.17) is 0 Å². The van der Waals surface area contributed by atoms with Crippen molar-refractivity contribution < 1.29 is 0 Å². The molecule has 1 fully saturated rings. The lowest BCUT2D eigenvalue weighted by atomic mass is 9.99. The summed E-state index contributed by atoms with van der Waals surface area (Å²) in [4.78, 5) is 2.56. The van der Waals surface area contributed by atoms with E-state index in [1.807, 2.05) is 0 Å². The maximum Gasteiger partial charge on any atom is 0.0251 e. The van der Waals surface area contributed by atoms with Gasteiger partial charge >= 0.3 is 0 Å². The predicted molar refractivity (Wildman–Crippen MR) is 58.8 cm³/mol. The highest BCUT2D eigenvalue weighted by Gasteiger charge is 2.20. The van der Waals surface area contributed by atoms with Gasteiger partial charge in [0.05, 0.1) is 0 Å². The SMILES string of the molecule is C1=CC2=C(N3CCCC3)CC=CC2=C1. The molecular formula is C13H15N.